The van der Waals surface area contributed by atoms with E-state index in [1.165, 1.54) is 4.68 Å². The summed E-state index contributed by atoms with van der Waals surface area (Å²) in [7, 11) is 0. The molecule has 27 heavy (non-hydrogen) atoms. The third-order valence-corrected chi connectivity index (χ3v) is 4.96. The lowest BCUT2D eigenvalue weighted by Crippen LogP contribution is -2.26. The molecule has 0 fully saturated rings. The summed E-state index contributed by atoms with van der Waals surface area (Å²) in [6.07, 6.45) is 0.784. The Morgan fingerprint density at radius 1 is 1.04 bits per heavy atom. The van der Waals surface area contributed by atoms with Gasteiger partial charge in [-0.25, -0.2) is 13.9 Å². The van der Waals surface area contributed by atoms with E-state index in [0.29, 0.717) is 29.8 Å². The average Bonchev–Trinajstić information content (AvgIpc) is 2.98. The van der Waals surface area contributed by atoms with Crippen molar-refractivity contribution in [2.75, 3.05) is 0 Å². The fraction of sp³-hybridized carbons (Fsp3) is 0.286. The van der Waals surface area contributed by atoms with E-state index in [1.807, 2.05) is 39.0 Å². The molecule has 0 aliphatic carbocycles. The van der Waals surface area contributed by atoms with Crippen molar-refractivity contribution in [3.05, 3.63) is 80.0 Å². The van der Waals surface area contributed by atoms with E-state index in [0.717, 1.165) is 23.1 Å². The lowest BCUT2D eigenvalue weighted by atomic mass is 10.1. The van der Waals surface area contributed by atoms with Crippen LogP contribution < -0.4 is 11.2 Å². The summed E-state index contributed by atoms with van der Waals surface area (Å²) >= 11 is 0. The zero-order valence-corrected chi connectivity index (χ0v) is 15.8. The van der Waals surface area contributed by atoms with Gasteiger partial charge in [0, 0.05) is 6.54 Å². The second-order valence-corrected chi connectivity index (χ2v) is 6.98. The van der Waals surface area contributed by atoms with Crippen LogP contribution in [0.2, 0.25) is 0 Å². The van der Waals surface area contributed by atoms with Crippen molar-refractivity contribution in [2.24, 2.45) is 0 Å². The molecular weight excluding hydrogens is 340 g/mol. The van der Waals surface area contributed by atoms with Gasteiger partial charge in [0.05, 0.1) is 17.4 Å². The number of aryl methyl sites for hydroxylation is 3. The molecule has 0 radical (unpaired) electrons. The van der Waals surface area contributed by atoms with Gasteiger partial charge in [-0.2, -0.15) is 0 Å². The van der Waals surface area contributed by atoms with Crippen molar-refractivity contribution in [1.29, 1.82) is 0 Å². The van der Waals surface area contributed by atoms with E-state index in [1.54, 1.807) is 21.1 Å². The first-order valence-corrected chi connectivity index (χ1v) is 9.18. The summed E-state index contributed by atoms with van der Waals surface area (Å²) in [4.78, 5) is 26.1. The Hall–Kier alpha value is -3.15. The summed E-state index contributed by atoms with van der Waals surface area (Å²) in [5.74, 6) is 0.399. The molecule has 0 saturated carbocycles. The van der Waals surface area contributed by atoms with Gasteiger partial charge in [-0.1, -0.05) is 42.8 Å². The fourth-order valence-electron chi connectivity index (χ4n) is 3.53. The van der Waals surface area contributed by atoms with E-state index in [4.69, 9.17) is 0 Å². The summed E-state index contributed by atoms with van der Waals surface area (Å²) in [6, 6.07) is 13.4. The molecule has 2 aromatic heterocycles. The van der Waals surface area contributed by atoms with E-state index < -0.39 is 0 Å². The van der Waals surface area contributed by atoms with Crippen LogP contribution >= 0.6 is 0 Å². The Kier molecular flexibility index (Phi) is 4.18. The number of hydrogen-bond acceptors (Lipinski definition) is 3. The fourth-order valence-corrected chi connectivity index (χ4v) is 3.53. The van der Waals surface area contributed by atoms with Gasteiger partial charge in [-0.15, -0.1) is 5.10 Å². The molecule has 0 N–H and O–H groups in total. The number of aromatic nitrogens is 4. The Balaban J connectivity index is 2.02. The lowest BCUT2D eigenvalue weighted by molar-refractivity contribution is 0.638. The minimum Gasteiger partial charge on any atom is -0.276 e. The van der Waals surface area contributed by atoms with E-state index in [2.05, 4.69) is 17.2 Å². The van der Waals surface area contributed by atoms with Crippen molar-refractivity contribution < 1.29 is 0 Å². The van der Waals surface area contributed by atoms with Crippen molar-refractivity contribution in [3.63, 3.8) is 0 Å². The Morgan fingerprint density at radius 3 is 2.59 bits per heavy atom. The monoisotopic (exact) mass is 362 g/mol. The maximum absolute atomic E-state index is 13.2. The number of para-hydroxylation sites is 1. The summed E-state index contributed by atoms with van der Waals surface area (Å²) in [5, 5.41) is 5.07. The largest absolute Gasteiger partial charge is 0.352 e. The van der Waals surface area contributed by atoms with Gasteiger partial charge in [0.15, 0.2) is 0 Å². The Morgan fingerprint density at radius 2 is 1.81 bits per heavy atom. The van der Waals surface area contributed by atoms with E-state index >= 15 is 0 Å². The van der Waals surface area contributed by atoms with Gasteiger partial charge in [0.25, 0.3) is 5.56 Å². The third kappa shape index (κ3) is 2.77. The molecule has 6 nitrogen and oxygen atoms in total. The smallest absolute Gasteiger partial charge is 0.276 e. The summed E-state index contributed by atoms with van der Waals surface area (Å²) in [6.45, 7) is 6.96. The van der Waals surface area contributed by atoms with E-state index in [-0.39, 0.29) is 11.2 Å². The van der Waals surface area contributed by atoms with Crippen molar-refractivity contribution in [2.45, 2.75) is 40.3 Å². The highest BCUT2D eigenvalue weighted by atomic mass is 16.2. The molecule has 6 heteroatoms. The van der Waals surface area contributed by atoms with Crippen LogP contribution in [0.3, 0.4) is 0 Å². The molecule has 4 rings (SSSR count). The zero-order chi connectivity index (χ0) is 19.1. The molecule has 0 amide bonds. The predicted octanol–water partition coefficient (Wildman–Crippen LogP) is 2.89. The first-order chi connectivity index (χ1) is 13.0. The zero-order valence-electron chi connectivity index (χ0n) is 15.8. The van der Waals surface area contributed by atoms with Crippen molar-refractivity contribution in [3.8, 4) is 0 Å². The van der Waals surface area contributed by atoms with Crippen LogP contribution in [-0.4, -0.2) is 18.7 Å². The maximum atomic E-state index is 13.2. The standard InChI is InChI=1S/C21H22N4O2/c1-4-11-23-19(26)17-7-5-6-8-18(17)25-20(23)22-24(21(25)27)13-16-12-14(2)9-10-15(16)3/h5-10,12H,4,11,13H2,1-3H3. The van der Waals surface area contributed by atoms with Gasteiger partial charge in [0.2, 0.25) is 5.78 Å². The molecule has 0 aliphatic rings. The van der Waals surface area contributed by atoms with Crippen LogP contribution in [0, 0.1) is 13.8 Å². The summed E-state index contributed by atoms with van der Waals surface area (Å²) < 4.78 is 4.61. The molecule has 0 unspecified atom stereocenters. The normalized spacial score (nSPS) is 11.5. The second kappa shape index (κ2) is 6.54. The number of benzene rings is 2. The van der Waals surface area contributed by atoms with Gasteiger partial charge in [0.1, 0.15) is 0 Å². The quantitative estimate of drug-likeness (QED) is 0.561. The highest BCUT2D eigenvalue weighted by Gasteiger charge is 2.17. The van der Waals surface area contributed by atoms with Gasteiger partial charge in [-0.3, -0.25) is 9.36 Å². The molecule has 2 heterocycles. The highest BCUT2D eigenvalue weighted by molar-refractivity contribution is 5.79. The third-order valence-electron chi connectivity index (χ3n) is 4.96. The van der Waals surface area contributed by atoms with Gasteiger partial charge in [-0.05, 0) is 43.5 Å². The number of rotatable bonds is 4. The van der Waals surface area contributed by atoms with Crippen LogP contribution in [0.15, 0.2) is 52.1 Å². The molecule has 0 atom stereocenters. The molecule has 138 valence electrons. The lowest BCUT2D eigenvalue weighted by Gasteiger charge is -2.07. The predicted molar refractivity (Wildman–Crippen MR) is 107 cm³/mol. The van der Waals surface area contributed by atoms with Crippen LogP contribution in [-0.2, 0) is 13.1 Å². The Labute approximate surface area is 156 Å². The minimum absolute atomic E-state index is 0.108. The minimum atomic E-state index is -0.230. The molecule has 0 aliphatic heterocycles. The number of fused-ring (bicyclic) bond motifs is 3. The van der Waals surface area contributed by atoms with Crippen LogP contribution in [0.1, 0.15) is 30.0 Å². The molecule has 4 aromatic rings. The number of hydrogen-bond donors (Lipinski definition) is 0. The van der Waals surface area contributed by atoms with Gasteiger partial charge >= 0.3 is 5.69 Å². The molecular formula is C21H22N4O2. The molecule has 0 bridgehead atoms. The first kappa shape index (κ1) is 17.3. The molecule has 0 spiro atoms. The number of nitrogens with zero attached hydrogens (tertiary/aromatic N) is 4. The van der Waals surface area contributed by atoms with Crippen molar-refractivity contribution >= 4 is 16.7 Å². The highest BCUT2D eigenvalue weighted by Crippen LogP contribution is 2.14. The molecule has 2 aromatic carbocycles. The molecule has 0 saturated heterocycles. The Bertz CT molecular complexity index is 1280. The van der Waals surface area contributed by atoms with Crippen molar-refractivity contribution in [1.82, 2.24) is 18.7 Å². The van der Waals surface area contributed by atoms with Crippen LogP contribution in [0.25, 0.3) is 16.7 Å². The first-order valence-electron chi connectivity index (χ1n) is 9.18. The van der Waals surface area contributed by atoms with Crippen LogP contribution in [0.5, 0.6) is 0 Å². The van der Waals surface area contributed by atoms with Gasteiger partial charge < -0.3 is 0 Å². The summed E-state index contributed by atoms with van der Waals surface area (Å²) in [5.41, 5.74) is 3.56. The topological polar surface area (TPSA) is 61.3 Å². The average molecular weight is 362 g/mol. The second-order valence-electron chi connectivity index (χ2n) is 6.98. The SMILES string of the molecule is CCCn1c(=O)c2ccccc2n2c(=O)n(Cc3cc(C)ccc3C)nc12. The maximum Gasteiger partial charge on any atom is 0.352 e. The van der Waals surface area contributed by atoms with E-state index in [9.17, 15) is 9.59 Å². The van der Waals surface area contributed by atoms with Crippen LogP contribution in [0.4, 0.5) is 0 Å².